The van der Waals surface area contributed by atoms with E-state index in [-0.39, 0.29) is 10.5 Å². The average molecular weight is 342 g/mol. The zero-order valence-corrected chi connectivity index (χ0v) is 14.5. The van der Waals surface area contributed by atoms with Gasteiger partial charge >= 0.3 is 5.97 Å². The average Bonchev–Trinajstić information content (AvgIpc) is 2.48. The molecule has 0 radical (unpaired) electrons. The molecule has 128 valence electrons. The molecule has 0 fully saturated rings. The normalized spacial score (nSPS) is 12.9. The van der Waals surface area contributed by atoms with Crippen molar-refractivity contribution in [3.8, 4) is 0 Å². The van der Waals surface area contributed by atoms with Crippen molar-refractivity contribution >= 4 is 21.9 Å². The van der Waals surface area contributed by atoms with E-state index in [2.05, 4.69) is 5.32 Å². The minimum absolute atomic E-state index is 0.0526. The second kappa shape index (κ2) is 7.56. The predicted octanol–water partition coefficient (Wildman–Crippen LogP) is 1.23. The highest BCUT2D eigenvalue weighted by atomic mass is 32.2. The van der Waals surface area contributed by atoms with Crippen LogP contribution in [0.1, 0.15) is 36.7 Å². The number of amides is 1. The van der Waals surface area contributed by atoms with E-state index in [0.29, 0.717) is 18.7 Å². The van der Waals surface area contributed by atoms with Crippen LogP contribution in [0.15, 0.2) is 23.1 Å². The number of aryl methyl sites for hydroxylation is 1. The molecule has 1 aromatic rings. The molecule has 1 unspecified atom stereocenters. The fraction of sp³-hybridized carbons (Fsp3) is 0.467. The van der Waals surface area contributed by atoms with Gasteiger partial charge in [0, 0.05) is 18.7 Å². The Morgan fingerprint density at radius 1 is 1.26 bits per heavy atom. The SMILES string of the molecule is CCN(CC)S(=O)(=O)c1cc(C(=O)NC(C)C(=O)O)ccc1C. The van der Waals surface area contributed by atoms with Crippen LogP contribution in [0, 0.1) is 6.92 Å². The van der Waals surface area contributed by atoms with Crippen LogP contribution in [0.2, 0.25) is 0 Å². The predicted molar refractivity (Wildman–Crippen MR) is 85.8 cm³/mol. The van der Waals surface area contributed by atoms with Gasteiger partial charge in [-0.1, -0.05) is 19.9 Å². The smallest absolute Gasteiger partial charge is 0.325 e. The van der Waals surface area contributed by atoms with Crippen molar-refractivity contribution in [2.24, 2.45) is 0 Å². The summed E-state index contributed by atoms with van der Waals surface area (Å²) in [7, 11) is -3.70. The fourth-order valence-electron chi connectivity index (χ4n) is 2.06. The summed E-state index contributed by atoms with van der Waals surface area (Å²) in [5.74, 6) is -1.79. The maximum atomic E-state index is 12.6. The van der Waals surface area contributed by atoms with Crippen molar-refractivity contribution in [1.82, 2.24) is 9.62 Å². The standard InChI is InChI=1S/C15H22N2O5S/c1-5-17(6-2)23(21,22)13-9-12(8-7-10(13)3)14(18)16-11(4)15(19)20/h7-9,11H,5-6H2,1-4H3,(H,16,18)(H,19,20). The molecule has 0 aromatic heterocycles. The first-order valence-corrected chi connectivity index (χ1v) is 8.73. The van der Waals surface area contributed by atoms with Crippen molar-refractivity contribution in [3.05, 3.63) is 29.3 Å². The van der Waals surface area contributed by atoms with E-state index in [9.17, 15) is 18.0 Å². The van der Waals surface area contributed by atoms with Gasteiger partial charge in [0.25, 0.3) is 5.91 Å². The minimum Gasteiger partial charge on any atom is -0.480 e. The summed E-state index contributed by atoms with van der Waals surface area (Å²) in [6.07, 6.45) is 0. The van der Waals surface area contributed by atoms with Crippen LogP contribution in [0.25, 0.3) is 0 Å². The number of rotatable bonds is 7. The van der Waals surface area contributed by atoms with Gasteiger partial charge in [-0.3, -0.25) is 9.59 Å². The topological polar surface area (TPSA) is 104 Å². The van der Waals surface area contributed by atoms with Crippen LogP contribution in [-0.4, -0.2) is 48.8 Å². The molecule has 7 nitrogen and oxygen atoms in total. The maximum Gasteiger partial charge on any atom is 0.325 e. The van der Waals surface area contributed by atoms with Crippen molar-refractivity contribution in [1.29, 1.82) is 0 Å². The van der Waals surface area contributed by atoms with Crippen LogP contribution >= 0.6 is 0 Å². The highest BCUT2D eigenvalue weighted by Gasteiger charge is 2.25. The maximum absolute atomic E-state index is 12.6. The van der Waals surface area contributed by atoms with Gasteiger partial charge in [0.1, 0.15) is 6.04 Å². The summed E-state index contributed by atoms with van der Waals surface area (Å²) in [5, 5.41) is 11.1. The summed E-state index contributed by atoms with van der Waals surface area (Å²) >= 11 is 0. The summed E-state index contributed by atoms with van der Waals surface area (Å²) in [6, 6.07) is 3.23. The molecule has 0 spiro atoms. The summed E-state index contributed by atoms with van der Waals surface area (Å²) in [4.78, 5) is 22.9. The van der Waals surface area contributed by atoms with E-state index in [1.54, 1.807) is 20.8 Å². The van der Waals surface area contributed by atoms with Gasteiger partial charge in [-0.05, 0) is 31.5 Å². The largest absolute Gasteiger partial charge is 0.480 e. The number of benzene rings is 1. The van der Waals surface area contributed by atoms with Crippen molar-refractivity contribution in [2.75, 3.05) is 13.1 Å². The third-order valence-electron chi connectivity index (χ3n) is 3.49. The third kappa shape index (κ3) is 4.29. The van der Waals surface area contributed by atoms with E-state index < -0.39 is 27.9 Å². The Morgan fingerprint density at radius 3 is 2.30 bits per heavy atom. The fourth-order valence-corrected chi connectivity index (χ4v) is 3.77. The first-order chi connectivity index (χ1) is 10.6. The molecule has 0 bridgehead atoms. The number of hydrogen-bond donors (Lipinski definition) is 2. The van der Waals surface area contributed by atoms with E-state index >= 15 is 0 Å². The Hall–Kier alpha value is -1.93. The van der Waals surface area contributed by atoms with Gasteiger partial charge in [0.2, 0.25) is 10.0 Å². The molecular weight excluding hydrogens is 320 g/mol. The van der Waals surface area contributed by atoms with E-state index in [1.807, 2.05) is 0 Å². The van der Waals surface area contributed by atoms with Gasteiger partial charge in [-0.2, -0.15) is 4.31 Å². The Morgan fingerprint density at radius 2 is 1.83 bits per heavy atom. The molecular formula is C15H22N2O5S. The molecule has 2 N–H and O–H groups in total. The third-order valence-corrected chi connectivity index (χ3v) is 5.68. The van der Waals surface area contributed by atoms with Crippen molar-refractivity contribution < 1.29 is 23.1 Å². The first kappa shape index (κ1) is 19.1. The second-order valence-corrected chi connectivity index (χ2v) is 7.01. The van der Waals surface area contributed by atoms with E-state index in [4.69, 9.17) is 5.11 Å². The molecule has 0 heterocycles. The van der Waals surface area contributed by atoms with Crippen LogP contribution in [0.4, 0.5) is 0 Å². The molecule has 1 atom stereocenters. The van der Waals surface area contributed by atoms with Gasteiger partial charge < -0.3 is 10.4 Å². The number of sulfonamides is 1. The molecule has 1 aromatic carbocycles. The van der Waals surface area contributed by atoms with Gasteiger partial charge in [0.05, 0.1) is 4.90 Å². The van der Waals surface area contributed by atoms with Gasteiger partial charge in [0.15, 0.2) is 0 Å². The number of nitrogens with one attached hydrogen (secondary N) is 1. The lowest BCUT2D eigenvalue weighted by atomic mass is 10.1. The molecule has 1 rings (SSSR count). The molecule has 23 heavy (non-hydrogen) atoms. The number of hydrogen-bond acceptors (Lipinski definition) is 4. The minimum atomic E-state index is -3.70. The summed E-state index contributed by atoms with van der Waals surface area (Å²) in [5.41, 5.74) is 0.633. The zero-order chi connectivity index (χ0) is 17.8. The monoisotopic (exact) mass is 342 g/mol. The molecule has 0 saturated heterocycles. The molecule has 0 aliphatic carbocycles. The van der Waals surface area contributed by atoms with Crippen molar-refractivity contribution in [3.63, 3.8) is 0 Å². The Labute approximate surface area is 136 Å². The Balaban J connectivity index is 3.23. The molecule has 0 aliphatic heterocycles. The lowest BCUT2D eigenvalue weighted by Crippen LogP contribution is -2.38. The lowest BCUT2D eigenvalue weighted by Gasteiger charge is -2.20. The zero-order valence-electron chi connectivity index (χ0n) is 13.7. The Kier molecular flexibility index (Phi) is 6.28. The van der Waals surface area contributed by atoms with E-state index in [0.717, 1.165) is 0 Å². The van der Waals surface area contributed by atoms with Crippen LogP contribution in [0.3, 0.4) is 0 Å². The van der Waals surface area contributed by atoms with Gasteiger partial charge in [-0.25, -0.2) is 8.42 Å². The molecule has 1 amide bonds. The highest BCUT2D eigenvalue weighted by molar-refractivity contribution is 7.89. The van der Waals surface area contributed by atoms with Crippen molar-refractivity contribution in [2.45, 2.75) is 38.6 Å². The number of aliphatic carboxylic acids is 1. The first-order valence-electron chi connectivity index (χ1n) is 7.29. The molecule has 0 aliphatic rings. The molecule has 8 heteroatoms. The van der Waals surface area contributed by atoms with Crippen LogP contribution in [-0.2, 0) is 14.8 Å². The number of nitrogens with zero attached hydrogens (tertiary/aromatic N) is 1. The van der Waals surface area contributed by atoms with Crippen LogP contribution in [0.5, 0.6) is 0 Å². The van der Waals surface area contributed by atoms with Gasteiger partial charge in [-0.15, -0.1) is 0 Å². The summed E-state index contributed by atoms with van der Waals surface area (Å²) in [6.45, 7) is 7.11. The van der Waals surface area contributed by atoms with Crippen LogP contribution < -0.4 is 5.32 Å². The number of carbonyl (C=O) groups excluding carboxylic acids is 1. The number of carboxylic acids is 1. The number of carboxylic acid groups (broad SMARTS) is 1. The summed E-state index contributed by atoms with van der Waals surface area (Å²) < 4.78 is 26.5. The Bertz CT molecular complexity index is 696. The molecule has 0 saturated carbocycles. The highest BCUT2D eigenvalue weighted by Crippen LogP contribution is 2.21. The number of carbonyl (C=O) groups is 2. The quantitative estimate of drug-likeness (QED) is 0.775. The van der Waals surface area contributed by atoms with E-state index in [1.165, 1.54) is 29.4 Å². The lowest BCUT2D eigenvalue weighted by molar-refractivity contribution is -0.138. The second-order valence-electron chi connectivity index (χ2n) is 5.10.